The van der Waals surface area contributed by atoms with E-state index in [0.717, 1.165) is 29.0 Å². The van der Waals surface area contributed by atoms with E-state index in [-0.39, 0.29) is 5.91 Å². The normalized spacial score (nSPS) is 11.8. The molecule has 1 atom stereocenters. The van der Waals surface area contributed by atoms with Gasteiger partial charge >= 0.3 is 0 Å². The van der Waals surface area contributed by atoms with Gasteiger partial charge in [0.1, 0.15) is 5.75 Å². The Morgan fingerprint density at radius 2 is 1.79 bits per heavy atom. The van der Waals surface area contributed by atoms with Crippen molar-refractivity contribution in [3.8, 4) is 5.75 Å². The highest BCUT2D eigenvalue weighted by molar-refractivity contribution is 6.32. The summed E-state index contributed by atoms with van der Waals surface area (Å²) in [4.78, 5) is 12.1. The molecule has 2 aromatic rings. The summed E-state index contributed by atoms with van der Waals surface area (Å²) in [5.41, 5.74) is 3.17. The summed E-state index contributed by atoms with van der Waals surface area (Å²) < 4.78 is 5.74. The van der Waals surface area contributed by atoms with Crippen LogP contribution in [0.15, 0.2) is 42.5 Å². The third-order valence-electron chi connectivity index (χ3n) is 3.88. The van der Waals surface area contributed by atoms with Gasteiger partial charge in [-0.2, -0.15) is 0 Å². The molecule has 1 N–H and O–H groups in total. The highest BCUT2D eigenvalue weighted by Gasteiger charge is 2.15. The minimum absolute atomic E-state index is 0.103. The number of hydrogen-bond acceptors (Lipinski definition) is 2. The van der Waals surface area contributed by atoms with Crippen molar-refractivity contribution in [2.45, 2.75) is 39.7 Å². The van der Waals surface area contributed by atoms with Gasteiger partial charge < -0.3 is 10.1 Å². The van der Waals surface area contributed by atoms with E-state index in [1.165, 1.54) is 5.56 Å². The van der Waals surface area contributed by atoms with Gasteiger partial charge in [0, 0.05) is 11.6 Å². The number of carbonyl (C=O) groups excluding carboxylic acids is 1. The molecule has 128 valence electrons. The van der Waals surface area contributed by atoms with E-state index in [2.05, 4.69) is 17.4 Å². The second-order valence-corrected chi connectivity index (χ2v) is 6.39. The summed E-state index contributed by atoms with van der Waals surface area (Å²) in [7, 11) is 0. The summed E-state index contributed by atoms with van der Waals surface area (Å²) in [6.07, 6.45) is 1.31. The van der Waals surface area contributed by atoms with Crippen LogP contribution in [-0.2, 0) is 11.2 Å². The predicted molar refractivity (Wildman–Crippen MR) is 98.8 cm³/mol. The largest absolute Gasteiger partial charge is 0.481 e. The van der Waals surface area contributed by atoms with Gasteiger partial charge in [0.15, 0.2) is 6.10 Å². The maximum absolute atomic E-state index is 12.1. The lowest BCUT2D eigenvalue weighted by atomic mass is 10.1. The lowest BCUT2D eigenvalue weighted by molar-refractivity contribution is -0.127. The third-order valence-corrected chi connectivity index (χ3v) is 4.47. The van der Waals surface area contributed by atoms with E-state index in [4.69, 9.17) is 16.3 Å². The lowest BCUT2D eigenvalue weighted by Gasteiger charge is -2.16. The monoisotopic (exact) mass is 345 g/mol. The van der Waals surface area contributed by atoms with Gasteiger partial charge in [-0.3, -0.25) is 4.79 Å². The molecule has 0 saturated heterocycles. The quantitative estimate of drug-likeness (QED) is 0.752. The molecule has 1 unspecified atom stereocenters. The van der Waals surface area contributed by atoms with Crippen LogP contribution >= 0.6 is 11.6 Å². The zero-order chi connectivity index (χ0) is 17.5. The van der Waals surface area contributed by atoms with Gasteiger partial charge in [0.05, 0.1) is 0 Å². The topological polar surface area (TPSA) is 38.3 Å². The Labute approximate surface area is 149 Å². The van der Waals surface area contributed by atoms with E-state index in [9.17, 15) is 4.79 Å². The maximum atomic E-state index is 12.1. The number of hydrogen-bond donors (Lipinski definition) is 1. The van der Waals surface area contributed by atoms with Crippen molar-refractivity contribution in [1.29, 1.82) is 0 Å². The second-order valence-electron chi connectivity index (χ2n) is 6.01. The van der Waals surface area contributed by atoms with E-state index in [1.54, 1.807) is 6.92 Å². The van der Waals surface area contributed by atoms with Crippen LogP contribution in [0.2, 0.25) is 5.02 Å². The van der Waals surface area contributed by atoms with Gasteiger partial charge in [-0.25, -0.2) is 0 Å². The van der Waals surface area contributed by atoms with E-state index >= 15 is 0 Å². The Hall–Kier alpha value is -2.00. The molecule has 2 aromatic carbocycles. The van der Waals surface area contributed by atoms with E-state index < -0.39 is 6.10 Å². The van der Waals surface area contributed by atoms with Crippen LogP contribution in [0.25, 0.3) is 0 Å². The van der Waals surface area contributed by atoms with Crippen LogP contribution in [-0.4, -0.2) is 18.6 Å². The molecule has 0 radical (unpaired) electrons. The van der Waals surface area contributed by atoms with Gasteiger partial charge in [0.25, 0.3) is 5.91 Å². The number of carbonyl (C=O) groups is 1. The Morgan fingerprint density at radius 3 is 2.42 bits per heavy atom. The fourth-order valence-corrected chi connectivity index (χ4v) is 2.63. The van der Waals surface area contributed by atoms with Crippen LogP contribution in [0.4, 0.5) is 0 Å². The first-order valence-electron chi connectivity index (χ1n) is 8.22. The number of ether oxygens (including phenoxy) is 1. The number of rotatable bonds is 7. The minimum Gasteiger partial charge on any atom is -0.481 e. The van der Waals surface area contributed by atoms with Crippen LogP contribution in [0.1, 0.15) is 30.0 Å². The van der Waals surface area contributed by atoms with Crippen molar-refractivity contribution in [2.75, 3.05) is 6.54 Å². The molecule has 4 heteroatoms. The maximum Gasteiger partial charge on any atom is 0.260 e. The highest BCUT2D eigenvalue weighted by atomic mass is 35.5. The van der Waals surface area contributed by atoms with E-state index in [1.807, 2.05) is 44.2 Å². The summed E-state index contributed by atoms with van der Waals surface area (Å²) >= 11 is 6.15. The molecule has 0 fully saturated rings. The van der Waals surface area contributed by atoms with Crippen molar-refractivity contribution >= 4 is 17.5 Å². The summed E-state index contributed by atoms with van der Waals surface area (Å²) in [5.74, 6) is 0.564. The molecular formula is C20H24ClNO2. The first-order chi connectivity index (χ1) is 11.5. The van der Waals surface area contributed by atoms with Crippen molar-refractivity contribution in [3.05, 3.63) is 64.2 Å². The Bertz CT molecular complexity index is 662. The van der Waals surface area contributed by atoms with Gasteiger partial charge in [-0.15, -0.1) is 0 Å². The van der Waals surface area contributed by atoms with E-state index in [0.29, 0.717) is 12.3 Å². The zero-order valence-electron chi connectivity index (χ0n) is 14.4. The number of nitrogens with one attached hydrogen (secondary N) is 1. The zero-order valence-corrected chi connectivity index (χ0v) is 15.2. The number of halogens is 1. The predicted octanol–water partition coefficient (Wildman–Crippen LogP) is 4.47. The standard InChI is InChI=1S/C20H24ClNO2/c1-14-12-18(13-15(2)19(14)21)24-16(3)20(23)22-11-7-10-17-8-5-4-6-9-17/h4-6,8-9,12-13,16H,7,10-11H2,1-3H3,(H,22,23). The molecule has 0 spiro atoms. The molecule has 3 nitrogen and oxygen atoms in total. The highest BCUT2D eigenvalue weighted by Crippen LogP contribution is 2.26. The first-order valence-corrected chi connectivity index (χ1v) is 8.60. The Kier molecular flexibility index (Phi) is 6.68. The fourth-order valence-electron chi connectivity index (χ4n) is 2.52. The Balaban J connectivity index is 1.78. The van der Waals surface area contributed by atoms with Crippen LogP contribution in [0.3, 0.4) is 0 Å². The molecule has 1 amide bonds. The fraction of sp³-hybridized carbons (Fsp3) is 0.350. The average molecular weight is 346 g/mol. The molecule has 24 heavy (non-hydrogen) atoms. The van der Waals surface area contributed by atoms with Gasteiger partial charge in [-0.05, 0) is 62.4 Å². The summed E-state index contributed by atoms with van der Waals surface area (Å²) in [6.45, 7) is 6.25. The molecule has 0 aliphatic rings. The van der Waals surface area contributed by atoms with Crippen molar-refractivity contribution in [3.63, 3.8) is 0 Å². The number of benzene rings is 2. The van der Waals surface area contributed by atoms with Gasteiger partial charge in [0.2, 0.25) is 0 Å². The first kappa shape index (κ1) is 18.3. The summed E-state index contributed by atoms with van der Waals surface area (Å²) in [6, 6.07) is 14.0. The van der Waals surface area contributed by atoms with Crippen LogP contribution in [0.5, 0.6) is 5.75 Å². The average Bonchev–Trinajstić information content (AvgIpc) is 2.57. The SMILES string of the molecule is Cc1cc(OC(C)C(=O)NCCCc2ccccc2)cc(C)c1Cl. The minimum atomic E-state index is -0.540. The van der Waals surface area contributed by atoms with Crippen molar-refractivity contribution < 1.29 is 9.53 Å². The molecule has 0 saturated carbocycles. The second kappa shape index (κ2) is 8.74. The molecule has 0 aromatic heterocycles. The molecule has 0 bridgehead atoms. The van der Waals surface area contributed by atoms with Gasteiger partial charge in [-0.1, -0.05) is 41.9 Å². The number of amides is 1. The molecule has 0 heterocycles. The molecular weight excluding hydrogens is 322 g/mol. The van der Waals surface area contributed by atoms with Crippen LogP contribution in [0, 0.1) is 13.8 Å². The smallest absolute Gasteiger partial charge is 0.260 e. The Morgan fingerprint density at radius 1 is 1.17 bits per heavy atom. The molecule has 0 aliphatic heterocycles. The van der Waals surface area contributed by atoms with Crippen LogP contribution < -0.4 is 10.1 Å². The molecule has 2 rings (SSSR count). The molecule has 0 aliphatic carbocycles. The van der Waals surface area contributed by atoms with Crippen molar-refractivity contribution in [1.82, 2.24) is 5.32 Å². The third kappa shape index (κ3) is 5.27. The number of aryl methyl sites for hydroxylation is 3. The van der Waals surface area contributed by atoms with Crippen molar-refractivity contribution in [2.24, 2.45) is 0 Å². The summed E-state index contributed by atoms with van der Waals surface area (Å²) in [5, 5.41) is 3.66. The lowest BCUT2D eigenvalue weighted by Crippen LogP contribution is -2.37.